The van der Waals surface area contributed by atoms with Gasteiger partial charge in [0.1, 0.15) is 6.10 Å². The smallest absolute Gasteiger partial charge is 0.191 e. The Morgan fingerprint density at radius 2 is 2.00 bits per heavy atom. The minimum Gasteiger partial charge on any atom is -0.386 e. The molecular formula is C18H33ClIN5OS. The van der Waals surface area contributed by atoms with E-state index in [-0.39, 0.29) is 24.0 Å². The molecule has 1 aromatic rings. The molecule has 9 heteroatoms. The molecule has 3 N–H and O–H groups in total. The van der Waals surface area contributed by atoms with E-state index in [1.165, 1.54) is 11.3 Å². The number of halogens is 2. The SMILES string of the molecule is CCNC(=NCC(C)CN1CCN(C)CC1)NCC(O)c1ccc(Cl)s1.I. The first-order chi connectivity index (χ1) is 12.5. The van der Waals surface area contributed by atoms with Crippen molar-refractivity contribution in [3.05, 3.63) is 21.3 Å². The lowest BCUT2D eigenvalue weighted by Crippen LogP contribution is -2.46. The lowest BCUT2D eigenvalue weighted by molar-refractivity contribution is 0.140. The molecule has 0 saturated carbocycles. The number of piperazine rings is 1. The van der Waals surface area contributed by atoms with Crippen LogP contribution < -0.4 is 10.6 Å². The molecule has 2 rings (SSSR count). The minimum absolute atomic E-state index is 0. The molecule has 1 saturated heterocycles. The van der Waals surface area contributed by atoms with Crippen LogP contribution in [0.25, 0.3) is 0 Å². The normalized spacial score (nSPS) is 18.6. The minimum atomic E-state index is -0.584. The number of hydrogen-bond acceptors (Lipinski definition) is 5. The summed E-state index contributed by atoms with van der Waals surface area (Å²) in [4.78, 5) is 10.4. The molecule has 1 aliphatic rings. The van der Waals surface area contributed by atoms with Gasteiger partial charge < -0.3 is 25.5 Å². The van der Waals surface area contributed by atoms with E-state index in [1.54, 1.807) is 0 Å². The van der Waals surface area contributed by atoms with Gasteiger partial charge in [-0.15, -0.1) is 35.3 Å². The van der Waals surface area contributed by atoms with E-state index in [0.717, 1.165) is 56.6 Å². The summed E-state index contributed by atoms with van der Waals surface area (Å²) >= 11 is 7.34. The molecule has 0 aliphatic carbocycles. The molecule has 27 heavy (non-hydrogen) atoms. The van der Waals surface area contributed by atoms with Crippen LogP contribution in [-0.2, 0) is 0 Å². The lowest BCUT2D eigenvalue weighted by Gasteiger charge is -2.33. The van der Waals surface area contributed by atoms with Gasteiger partial charge in [-0.3, -0.25) is 4.99 Å². The number of thiophene rings is 1. The standard InChI is InChI=1S/C18H32ClN5OS.HI/c1-4-20-18(22-12-15(25)16-5-6-17(19)26-16)21-11-14(2)13-24-9-7-23(3)8-10-24;/h5-6,14-15,25H,4,7-13H2,1-3H3,(H2,20,21,22);1H. The van der Waals surface area contributed by atoms with Crippen LogP contribution in [0.5, 0.6) is 0 Å². The number of aliphatic hydroxyl groups is 1. The number of likely N-dealkylation sites (N-methyl/N-ethyl adjacent to an activating group) is 1. The fourth-order valence-corrected chi connectivity index (χ4v) is 3.97. The van der Waals surface area contributed by atoms with E-state index >= 15 is 0 Å². The maximum atomic E-state index is 10.3. The maximum Gasteiger partial charge on any atom is 0.191 e. The summed E-state index contributed by atoms with van der Waals surface area (Å²) in [5.41, 5.74) is 0. The zero-order chi connectivity index (χ0) is 18.9. The molecule has 6 nitrogen and oxygen atoms in total. The van der Waals surface area contributed by atoms with Gasteiger partial charge in [-0.1, -0.05) is 18.5 Å². The molecule has 0 spiro atoms. The van der Waals surface area contributed by atoms with Crippen LogP contribution in [0.15, 0.2) is 17.1 Å². The Bertz CT molecular complexity index is 566. The maximum absolute atomic E-state index is 10.3. The van der Waals surface area contributed by atoms with Crippen LogP contribution in [0.2, 0.25) is 4.34 Å². The molecular weight excluding hydrogens is 497 g/mol. The van der Waals surface area contributed by atoms with Crippen LogP contribution in [-0.4, -0.2) is 80.3 Å². The summed E-state index contributed by atoms with van der Waals surface area (Å²) in [6, 6.07) is 3.67. The van der Waals surface area contributed by atoms with Crippen LogP contribution >= 0.6 is 46.9 Å². The first-order valence-corrected chi connectivity index (χ1v) is 10.5. The quantitative estimate of drug-likeness (QED) is 0.274. The van der Waals surface area contributed by atoms with E-state index < -0.39 is 6.10 Å². The van der Waals surface area contributed by atoms with Gasteiger partial charge in [0.15, 0.2) is 5.96 Å². The van der Waals surface area contributed by atoms with Gasteiger partial charge in [-0.2, -0.15) is 0 Å². The molecule has 0 aromatic carbocycles. The third-order valence-corrected chi connectivity index (χ3v) is 5.79. The molecule has 156 valence electrons. The van der Waals surface area contributed by atoms with Gasteiger partial charge in [-0.25, -0.2) is 0 Å². The van der Waals surface area contributed by atoms with Crippen molar-refractivity contribution in [2.24, 2.45) is 10.9 Å². The van der Waals surface area contributed by atoms with Crippen molar-refractivity contribution in [2.75, 3.05) is 59.4 Å². The first kappa shape index (κ1) is 24.9. The largest absolute Gasteiger partial charge is 0.386 e. The highest BCUT2D eigenvalue weighted by atomic mass is 127. The average Bonchev–Trinajstić information content (AvgIpc) is 3.05. The summed E-state index contributed by atoms with van der Waals surface area (Å²) in [7, 11) is 2.18. The predicted octanol–water partition coefficient (Wildman–Crippen LogP) is 2.49. The number of aliphatic hydroxyl groups excluding tert-OH is 1. The molecule has 0 amide bonds. The zero-order valence-electron chi connectivity index (χ0n) is 16.4. The van der Waals surface area contributed by atoms with Crippen molar-refractivity contribution in [2.45, 2.75) is 20.0 Å². The second-order valence-electron chi connectivity index (χ2n) is 6.97. The Morgan fingerprint density at radius 1 is 1.30 bits per heavy atom. The van der Waals surface area contributed by atoms with E-state index in [4.69, 9.17) is 11.6 Å². The summed E-state index contributed by atoms with van der Waals surface area (Å²) in [6.45, 7) is 11.9. The summed E-state index contributed by atoms with van der Waals surface area (Å²) in [6.07, 6.45) is -0.584. The number of hydrogen-bond donors (Lipinski definition) is 3. The fourth-order valence-electron chi connectivity index (χ4n) is 2.92. The molecule has 2 heterocycles. The van der Waals surface area contributed by atoms with Crippen molar-refractivity contribution in [3.63, 3.8) is 0 Å². The third-order valence-electron chi connectivity index (χ3n) is 4.46. The Labute approximate surface area is 189 Å². The van der Waals surface area contributed by atoms with E-state index in [2.05, 4.69) is 39.4 Å². The van der Waals surface area contributed by atoms with Gasteiger partial charge >= 0.3 is 0 Å². The second kappa shape index (κ2) is 13.2. The number of nitrogens with zero attached hydrogens (tertiary/aromatic N) is 3. The van der Waals surface area contributed by atoms with Crippen LogP contribution in [0.1, 0.15) is 24.8 Å². The Balaban J connectivity index is 0.00000364. The summed E-state index contributed by atoms with van der Waals surface area (Å²) < 4.78 is 0.692. The van der Waals surface area contributed by atoms with Crippen molar-refractivity contribution in [1.29, 1.82) is 0 Å². The van der Waals surface area contributed by atoms with E-state index in [1.807, 2.05) is 19.1 Å². The number of rotatable bonds is 8. The Morgan fingerprint density at radius 3 is 2.59 bits per heavy atom. The molecule has 2 unspecified atom stereocenters. The third kappa shape index (κ3) is 9.27. The summed E-state index contributed by atoms with van der Waals surface area (Å²) in [5.74, 6) is 1.24. The Hall–Kier alpha value is -0.130. The second-order valence-corrected chi connectivity index (χ2v) is 8.71. The van der Waals surface area contributed by atoms with Crippen LogP contribution in [0.4, 0.5) is 0 Å². The van der Waals surface area contributed by atoms with Crippen molar-refractivity contribution in [3.8, 4) is 0 Å². The van der Waals surface area contributed by atoms with Gasteiger partial charge in [0, 0.05) is 57.2 Å². The molecule has 0 radical (unpaired) electrons. The van der Waals surface area contributed by atoms with Crippen molar-refractivity contribution in [1.82, 2.24) is 20.4 Å². The highest BCUT2D eigenvalue weighted by molar-refractivity contribution is 14.0. The topological polar surface area (TPSA) is 63.1 Å². The van der Waals surface area contributed by atoms with Gasteiger partial charge in [0.25, 0.3) is 0 Å². The van der Waals surface area contributed by atoms with Crippen LogP contribution in [0.3, 0.4) is 0 Å². The van der Waals surface area contributed by atoms with E-state index in [9.17, 15) is 5.11 Å². The molecule has 1 aromatic heterocycles. The molecule has 1 fully saturated rings. The molecule has 2 atom stereocenters. The van der Waals surface area contributed by atoms with Gasteiger partial charge in [0.05, 0.1) is 4.34 Å². The Kier molecular flexibility index (Phi) is 12.1. The van der Waals surface area contributed by atoms with E-state index in [0.29, 0.717) is 16.8 Å². The van der Waals surface area contributed by atoms with Gasteiger partial charge in [0.2, 0.25) is 0 Å². The average molecular weight is 530 g/mol. The fraction of sp³-hybridized carbons (Fsp3) is 0.722. The monoisotopic (exact) mass is 529 g/mol. The van der Waals surface area contributed by atoms with Crippen LogP contribution in [0, 0.1) is 5.92 Å². The molecule has 0 bridgehead atoms. The number of nitrogens with one attached hydrogen (secondary N) is 2. The molecule has 1 aliphatic heterocycles. The number of guanidine groups is 1. The zero-order valence-corrected chi connectivity index (χ0v) is 20.4. The predicted molar refractivity (Wildman–Crippen MR) is 127 cm³/mol. The lowest BCUT2D eigenvalue weighted by atomic mass is 10.1. The van der Waals surface area contributed by atoms with Gasteiger partial charge in [-0.05, 0) is 32.0 Å². The first-order valence-electron chi connectivity index (χ1n) is 9.34. The summed E-state index contributed by atoms with van der Waals surface area (Å²) in [5, 5.41) is 16.7. The highest BCUT2D eigenvalue weighted by Crippen LogP contribution is 2.26. The number of aliphatic imine (C=N–C) groups is 1. The van der Waals surface area contributed by atoms with Crippen molar-refractivity contribution >= 4 is 52.9 Å². The van der Waals surface area contributed by atoms with Crippen molar-refractivity contribution < 1.29 is 5.11 Å². The highest BCUT2D eigenvalue weighted by Gasteiger charge is 2.16.